The first-order valence-corrected chi connectivity index (χ1v) is 7.95. The molecule has 2 amide bonds. The van der Waals surface area contributed by atoms with Crippen molar-refractivity contribution < 1.29 is 14.7 Å². The third-order valence-electron chi connectivity index (χ3n) is 4.53. The molecule has 0 heterocycles. The highest BCUT2D eigenvalue weighted by Gasteiger charge is 2.32. The summed E-state index contributed by atoms with van der Waals surface area (Å²) in [6, 6.07) is 5.51. The van der Waals surface area contributed by atoms with Crippen molar-refractivity contribution in [1.82, 2.24) is 0 Å². The second kappa shape index (κ2) is 6.08. The quantitative estimate of drug-likeness (QED) is 0.799. The number of benzene rings is 1. The SMILES string of the molecule is Cc1ccc(NC(=O)C2CC2)cc1NC(=O)C1CCCC1O. The van der Waals surface area contributed by atoms with Crippen molar-refractivity contribution in [2.45, 2.75) is 45.1 Å². The minimum absolute atomic E-state index is 0.0485. The summed E-state index contributed by atoms with van der Waals surface area (Å²) in [6.45, 7) is 1.91. The van der Waals surface area contributed by atoms with Crippen LogP contribution in [-0.4, -0.2) is 23.0 Å². The monoisotopic (exact) mass is 302 g/mol. The van der Waals surface area contributed by atoms with E-state index in [4.69, 9.17) is 0 Å². The van der Waals surface area contributed by atoms with E-state index in [1.165, 1.54) is 0 Å². The molecule has 5 nitrogen and oxygen atoms in total. The predicted molar refractivity (Wildman–Crippen MR) is 84.5 cm³/mol. The number of nitrogens with one attached hydrogen (secondary N) is 2. The van der Waals surface area contributed by atoms with Crippen LogP contribution in [0.1, 0.15) is 37.7 Å². The van der Waals surface area contributed by atoms with Crippen molar-refractivity contribution in [2.24, 2.45) is 11.8 Å². The Morgan fingerprint density at radius 2 is 1.86 bits per heavy atom. The van der Waals surface area contributed by atoms with Crippen molar-refractivity contribution in [3.63, 3.8) is 0 Å². The molecular formula is C17H22N2O3. The largest absolute Gasteiger partial charge is 0.392 e. The number of aryl methyl sites for hydroxylation is 1. The fourth-order valence-electron chi connectivity index (χ4n) is 2.90. The van der Waals surface area contributed by atoms with Gasteiger partial charge in [-0.2, -0.15) is 0 Å². The molecule has 0 saturated heterocycles. The molecule has 2 saturated carbocycles. The standard InChI is InChI=1S/C17H22N2O3/c1-10-5-8-12(18-16(21)11-6-7-11)9-14(10)19-17(22)13-3-2-4-15(13)20/h5,8-9,11,13,15,20H,2-4,6-7H2,1H3,(H,18,21)(H,19,22). The minimum Gasteiger partial charge on any atom is -0.392 e. The second-order valence-corrected chi connectivity index (χ2v) is 6.39. The Morgan fingerprint density at radius 3 is 2.50 bits per heavy atom. The molecule has 2 fully saturated rings. The maximum atomic E-state index is 12.3. The summed E-state index contributed by atoms with van der Waals surface area (Å²) in [5.41, 5.74) is 2.33. The van der Waals surface area contributed by atoms with Crippen LogP contribution in [0.25, 0.3) is 0 Å². The fourth-order valence-corrected chi connectivity index (χ4v) is 2.90. The van der Waals surface area contributed by atoms with Crippen molar-refractivity contribution >= 4 is 23.2 Å². The molecule has 2 unspecified atom stereocenters. The number of hydrogen-bond acceptors (Lipinski definition) is 3. The van der Waals surface area contributed by atoms with Crippen molar-refractivity contribution in [2.75, 3.05) is 10.6 Å². The van der Waals surface area contributed by atoms with Crippen LogP contribution in [0, 0.1) is 18.8 Å². The Bertz CT molecular complexity index is 596. The minimum atomic E-state index is -0.543. The fraction of sp³-hybridized carbons (Fsp3) is 0.529. The van der Waals surface area contributed by atoms with E-state index < -0.39 is 6.10 Å². The van der Waals surface area contributed by atoms with E-state index >= 15 is 0 Å². The Balaban J connectivity index is 1.69. The van der Waals surface area contributed by atoms with Crippen LogP contribution in [0.4, 0.5) is 11.4 Å². The van der Waals surface area contributed by atoms with Crippen LogP contribution in [-0.2, 0) is 9.59 Å². The van der Waals surface area contributed by atoms with E-state index in [-0.39, 0.29) is 23.7 Å². The molecule has 0 aliphatic heterocycles. The predicted octanol–water partition coefficient (Wildman–Crippen LogP) is 2.44. The zero-order valence-corrected chi connectivity index (χ0v) is 12.8. The highest BCUT2D eigenvalue weighted by molar-refractivity contribution is 5.97. The zero-order chi connectivity index (χ0) is 15.7. The van der Waals surface area contributed by atoms with Gasteiger partial charge < -0.3 is 15.7 Å². The van der Waals surface area contributed by atoms with Crippen molar-refractivity contribution in [1.29, 1.82) is 0 Å². The lowest BCUT2D eigenvalue weighted by Gasteiger charge is -2.16. The maximum absolute atomic E-state index is 12.3. The molecule has 2 atom stereocenters. The Hall–Kier alpha value is -1.88. The first-order valence-electron chi connectivity index (χ1n) is 7.95. The first-order chi connectivity index (χ1) is 10.5. The molecule has 2 aliphatic rings. The molecule has 0 radical (unpaired) electrons. The molecule has 5 heteroatoms. The number of anilines is 2. The summed E-state index contributed by atoms with van der Waals surface area (Å²) in [5, 5.41) is 15.6. The van der Waals surface area contributed by atoms with Crippen LogP contribution in [0.5, 0.6) is 0 Å². The van der Waals surface area contributed by atoms with Gasteiger partial charge in [0, 0.05) is 17.3 Å². The lowest BCUT2D eigenvalue weighted by atomic mass is 10.0. The van der Waals surface area contributed by atoms with Gasteiger partial charge in [0.15, 0.2) is 0 Å². The zero-order valence-electron chi connectivity index (χ0n) is 12.8. The van der Waals surface area contributed by atoms with Gasteiger partial charge >= 0.3 is 0 Å². The number of carbonyl (C=O) groups excluding carboxylic acids is 2. The van der Waals surface area contributed by atoms with Crippen LogP contribution in [0.2, 0.25) is 0 Å². The van der Waals surface area contributed by atoms with E-state index in [0.717, 1.165) is 31.2 Å². The molecule has 118 valence electrons. The Kier molecular flexibility index (Phi) is 4.16. The summed E-state index contributed by atoms with van der Waals surface area (Å²) in [6.07, 6.45) is 3.67. The summed E-state index contributed by atoms with van der Waals surface area (Å²) in [4.78, 5) is 24.1. The first kappa shape index (κ1) is 15.0. The van der Waals surface area contributed by atoms with E-state index in [1.807, 2.05) is 19.1 Å². The van der Waals surface area contributed by atoms with Gasteiger partial charge in [-0.1, -0.05) is 6.07 Å². The molecule has 22 heavy (non-hydrogen) atoms. The molecule has 0 bridgehead atoms. The van der Waals surface area contributed by atoms with Crippen LogP contribution < -0.4 is 10.6 Å². The summed E-state index contributed by atoms with van der Waals surface area (Å²) in [7, 11) is 0. The number of carbonyl (C=O) groups is 2. The second-order valence-electron chi connectivity index (χ2n) is 6.39. The molecule has 1 aromatic rings. The molecule has 1 aromatic carbocycles. The van der Waals surface area contributed by atoms with Gasteiger partial charge in [0.1, 0.15) is 0 Å². The third kappa shape index (κ3) is 3.30. The Labute approximate surface area is 130 Å². The molecular weight excluding hydrogens is 280 g/mol. The molecule has 0 spiro atoms. The number of amides is 2. The molecule has 0 aromatic heterocycles. The third-order valence-corrected chi connectivity index (χ3v) is 4.53. The summed E-state index contributed by atoms with van der Waals surface area (Å²) in [5.74, 6) is -0.275. The molecule has 3 rings (SSSR count). The Morgan fingerprint density at radius 1 is 1.09 bits per heavy atom. The number of aliphatic hydroxyl groups is 1. The summed E-state index contributed by atoms with van der Waals surface area (Å²) >= 11 is 0. The normalized spacial score (nSPS) is 24.1. The lowest BCUT2D eigenvalue weighted by Crippen LogP contribution is -2.29. The topological polar surface area (TPSA) is 78.4 Å². The van der Waals surface area contributed by atoms with E-state index in [9.17, 15) is 14.7 Å². The molecule has 2 aliphatic carbocycles. The lowest BCUT2D eigenvalue weighted by molar-refractivity contribution is -0.122. The smallest absolute Gasteiger partial charge is 0.230 e. The number of rotatable bonds is 4. The average molecular weight is 302 g/mol. The van der Waals surface area contributed by atoms with Crippen LogP contribution in [0.15, 0.2) is 18.2 Å². The highest BCUT2D eigenvalue weighted by Crippen LogP contribution is 2.31. The van der Waals surface area contributed by atoms with Crippen LogP contribution >= 0.6 is 0 Å². The van der Waals surface area contributed by atoms with E-state index in [2.05, 4.69) is 10.6 Å². The van der Waals surface area contributed by atoms with E-state index in [1.54, 1.807) is 6.07 Å². The molecule has 3 N–H and O–H groups in total. The highest BCUT2D eigenvalue weighted by atomic mass is 16.3. The van der Waals surface area contributed by atoms with Gasteiger partial charge in [-0.15, -0.1) is 0 Å². The number of aliphatic hydroxyl groups excluding tert-OH is 1. The average Bonchev–Trinajstić information content (AvgIpc) is 3.24. The van der Waals surface area contributed by atoms with Crippen LogP contribution in [0.3, 0.4) is 0 Å². The van der Waals surface area contributed by atoms with Gasteiger partial charge in [-0.3, -0.25) is 9.59 Å². The van der Waals surface area contributed by atoms with Crippen molar-refractivity contribution in [3.8, 4) is 0 Å². The van der Waals surface area contributed by atoms with E-state index in [0.29, 0.717) is 17.8 Å². The van der Waals surface area contributed by atoms with Gasteiger partial charge in [0.25, 0.3) is 0 Å². The number of hydrogen-bond donors (Lipinski definition) is 3. The summed E-state index contributed by atoms with van der Waals surface area (Å²) < 4.78 is 0. The van der Waals surface area contributed by atoms with Crippen molar-refractivity contribution in [3.05, 3.63) is 23.8 Å². The van der Waals surface area contributed by atoms with Gasteiger partial charge in [0.2, 0.25) is 11.8 Å². The van der Waals surface area contributed by atoms with Gasteiger partial charge in [0.05, 0.1) is 12.0 Å². The van der Waals surface area contributed by atoms with Gasteiger partial charge in [-0.05, 0) is 56.7 Å². The van der Waals surface area contributed by atoms with Gasteiger partial charge in [-0.25, -0.2) is 0 Å². The maximum Gasteiger partial charge on any atom is 0.230 e.